The second kappa shape index (κ2) is 25.3. The molecule has 6 aromatic rings. The Bertz CT molecular complexity index is 2470. The predicted octanol–water partition coefficient (Wildman–Crippen LogP) is 11.5. The van der Waals surface area contributed by atoms with Gasteiger partial charge in [0.25, 0.3) is 0 Å². The van der Waals surface area contributed by atoms with E-state index in [-0.39, 0.29) is 6.61 Å². The van der Waals surface area contributed by atoms with Crippen molar-refractivity contribution in [2.75, 3.05) is 98.2 Å². The lowest BCUT2D eigenvalue weighted by Crippen LogP contribution is -2.25. The normalized spacial score (nSPS) is 11.3. The molecule has 0 aliphatic heterocycles. The molecule has 0 saturated heterocycles. The van der Waals surface area contributed by atoms with Crippen LogP contribution in [0.2, 0.25) is 0 Å². The Morgan fingerprint density at radius 1 is 0.621 bits per heavy atom. The first-order chi connectivity index (χ1) is 31.6. The van der Waals surface area contributed by atoms with Gasteiger partial charge in [-0.05, 0) is 135 Å². The number of halogens is 2. The van der Waals surface area contributed by atoms with Crippen LogP contribution in [0.25, 0.3) is 44.7 Å². The number of anilines is 2. The summed E-state index contributed by atoms with van der Waals surface area (Å²) in [5, 5.41) is 10.7. The van der Waals surface area contributed by atoms with Gasteiger partial charge in [-0.15, -0.1) is 22.7 Å². The van der Waals surface area contributed by atoms with Crippen molar-refractivity contribution in [2.45, 2.75) is 27.2 Å². The van der Waals surface area contributed by atoms with E-state index in [9.17, 15) is 9.59 Å². The molecule has 0 atom stereocenters. The zero-order valence-electron chi connectivity index (χ0n) is 38.9. The minimum atomic E-state index is -0.425. The van der Waals surface area contributed by atoms with Crippen molar-refractivity contribution in [3.8, 4) is 11.5 Å². The fraction of sp³-hybridized carbons (Fsp3) is 0.347. The number of aliphatic hydroxyl groups is 1. The van der Waals surface area contributed by atoms with Crippen molar-refractivity contribution in [1.82, 2.24) is 19.8 Å². The van der Waals surface area contributed by atoms with Crippen LogP contribution < -0.4 is 19.3 Å². The molecule has 0 radical (unpaired) electrons. The highest BCUT2D eigenvalue weighted by atomic mass is 79.9. The lowest BCUT2D eigenvalue weighted by atomic mass is 10.1. The molecule has 0 saturated carbocycles. The lowest BCUT2D eigenvalue weighted by molar-refractivity contribution is 0.0971. The number of rotatable bonds is 18. The van der Waals surface area contributed by atoms with Crippen LogP contribution in [0.4, 0.5) is 21.0 Å². The van der Waals surface area contributed by atoms with Crippen LogP contribution in [0, 0.1) is 13.8 Å². The maximum absolute atomic E-state index is 11.8. The summed E-state index contributed by atoms with van der Waals surface area (Å²) in [6.07, 6.45) is 8.18. The molecular formula is C49H58Br2N6O7S2. The molecule has 0 aliphatic carbocycles. The van der Waals surface area contributed by atoms with Gasteiger partial charge >= 0.3 is 12.2 Å². The minimum Gasteiger partial charge on any atom is -0.409 e. The summed E-state index contributed by atoms with van der Waals surface area (Å²) in [4.78, 5) is 40.2. The number of aromatic nitrogens is 2. The Kier molecular flexibility index (Phi) is 20.0. The molecule has 6 rings (SSSR count). The number of nitrogens with zero attached hydrogens (tertiary/aromatic N) is 6. The zero-order chi connectivity index (χ0) is 47.9. The van der Waals surface area contributed by atoms with Crippen LogP contribution in [0.3, 0.4) is 0 Å². The topological polar surface area (TPSA) is 130 Å². The van der Waals surface area contributed by atoms with E-state index in [1.807, 2.05) is 55.6 Å². The molecule has 13 nitrogen and oxygen atoms in total. The quantitative estimate of drug-likeness (QED) is 0.0826. The number of carbonyl (C=O) groups excluding carboxylic acids is 2. The lowest BCUT2D eigenvalue weighted by Gasteiger charge is -2.21. The van der Waals surface area contributed by atoms with Gasteiger partial charge in [-0.3, -0.25) is 0 Å². The number of benzene rings is 4. The molecule has 0 bridgehead atoms. The predicted molar refractivity (Wildman–Crippen MR) is 280 cm³/mol. The van der Waals surface area contributed by atoms with E-state index in [1.54, 1.807) is 63.0 Å². The van der Waals surface area contributed by atoms with Crippen molar-refractivity contribution < 1.29 is 33.6 Å². The van der Waals surface area contributed by atoms with Crippen molar-refractivity contribution in [3.63, 3.8) is 0 Å². The molecule has 1 N–H and O–H groups in total. The maximum atomic E-state index is 11.8. The van der Waals surface area contributed by atoms with Gasteiger partial charge in [0.05, 0.1) is 55.8 Å². The molecule has 0 spiro atoms. The smallest absolute Gasteiger partial charge is 0.409 e. The summed E-state index contributed by atoms with van der Waals surface area (Å²) >= 11 is 10.2. The number of fused-ring (bicyclic) bond motifs is 2. The fourth-order valence-corrected chi connectivity index (χ4v) is 9.03. The molecule has 4 aromatic carbocycles. The molecule has 0 fully saturated rings. The van der Waals surface area contributed by atoms with E-state index < -0.39 is 12.2 Å². The number of likely N-dealkylation sites (N-methyl/N-ethyl adjacent to an activating group) is 2. The number of carbonyl (C=O) groups is 2. The van der Waals surface area contributed by atoms with E-state index in [1.165, 1.54) is 21.1 Å². The van der Waals surface area contributed by atoms with E-state index >= 15 is 0 Å². The standard InChI is InChI=1S/C25H30BrN3O3S.C24H28BrN3O4S/c1-6-12-31-13-11-29(5)21-16-23-20(14-17(21)2)27-24(33-23)10-8-18-7-9-22(19(26)15-18)32-25(30)28(3)4;1-16-13-19-22(15-20(16)28(4)9-11-31-12-10-29)33-23(26-19)8-6-17-5-7-21(18(25)14-17)32-24(30)27(2)3/h7-10,14-16H,6,11-13H2,1-5H3;5-8,13-15,29H,9-12H2,1-4H3/b10-8+;8-6+. The third-order valence-corrected chi connectivity index (χ3v) is 13.1. The van der Waals surface area contributed by atoms with Gasteiger partial charge in [0.15, 0.2) is 0 Å². The Morgan fingerprint density at radius 3 is 1.42 bits per heavy atom. The second-order valence-electron chi connectivity index (χ2n) is 15.7. The summed E-state index contributed by atoms with van der Waals surface area (Å²) in [5.41, 5.74) is 8.61. The van der Waals surface area contributed by atoms with Gasteiger partial charge in [-0.1, -0.05) is 31.2 Å². The third-order valence-electron chi connectivity index (χ3n) is 9.87. The monoisotopic (exact) mass is 1060 g/mol. The van der Waals surface area contributed by atoms with E-state index in [2.05, 4.69) is 93.7 Å². The van der Waals surface area contributed by atoms with Gasteiger partial charge in [-0.25, -0.2) is 19.6 Å². The van der Waals surface area contributed by atoms with Crippen LogP contribution in [0.1, 0.15) is 45.6 Å². The third kappa shape index (κ3) is 15.1. The maximum Gasteiger partial charge on any atom is 0.414 e. The second-order valence-corrected chi connectivity index (χ2v) is 19.5. The van der Waals surface area contributed by atoms with E-state index in [4.69, 9.17) is 34.0 Å². The first kappa shape index (κ1) is 52.1. The van der Waals surface area contributed by atoms with Gasteiger partial charge in [0.1, 0.15) is 21.5 Å². The number of aliphatic hydroxyl groups excluding tert-OH is 1. The number of hydrogen-bond acceptors (Lipinski definition) is 13. The number of hydrogen-bond donors (Lipinski definition) is 1. The summed E-state index contributed by atoms with van der Waals surface area (Å²) in [5.74, 6) is 0.956. The first-order valence-corrected chi connectivity index (χ1v) is 24.5. The van der Waals surface area contributed by atoms with E-state index in [0.29, 0.717) is 29.2 Å². The van der Waals surface area contributed by atoms with Crippen LogP contribution in [-0.4, -0.2) is 125 Å². The highest BCUT2D eigenvalue weighted by Gasteiger charge is 2.14. The van der Waals surface area contributed by atoms with E-state index in [0.717, 1.165) is 90.0 Å². The van der Waals surface area contributed by atoms with Crippen LogP contribution in [0.5, 0.6) is 11.5 Å². The average molecular weight is 1070 g/mol. The van der Waals surface area contributed by atoms with Gasteiger partial charge < -0.3 is 43.7 Å². The first-order valence-electron chi connectivity index (χ1n) is 21.3. The van der Waals surface area contributed by atoms with Gasteiger partial charge in [-0.2, -0.15) is 0 Å². The van der Waals surface area contributed by atoms with Gasteiger partial charge in [0.2, 0.25) is 0 Å². The molecule has 0 aliphatic rings. The highest BCUT2D eigenvalue weighted by Crippen LogP contribution is 2.34. The number of aryl methyl sites for hydroxylation is 2. The molecule has 2 aromatic heterocycles. The minimum absolute atomic E-state index is 0.0386. The summed E-state index contributed by atoms with van der Waals surface area (Å²) < 4.78 is 25.4. The molecule has 66 heavy (non-hydrogen) atoms. The highest BCUT2D eigenvalue weighted by molar-refractivity contribution is 9.11. The number of ether oxygens (including phenoxy) is 4. The molecule has 17 heteroatoms. The van der Waals surface area contributed by atoms with Crippen LogP contribution in [0.15, 0.2) is 69.6 Å². The number of thiazole rings is 2. The van der Waals surface area contributed by atoms with Crippen molar-refractivity contribution >= 4 is 123 Å². The van der Waals surface area contributed by atoms with Crippen molar-refractivity contribution in [3.05, 3.63) is 102 Å². The zero-order valence-corrected chi connectivity index (χ0v) is 43.7. The molecule has 2 heterocycles. The van der Waals surface area contributed by atoms with Crippen LogP contribution in [-0.2, 0) is 9.47 Å². The Labute approximate surface area is 412 Å². The molecular weight excluding hydrogens is 1010 g/mol. The Hall–Kier alpha value is -4.88. The fourth-order valence-electron chi connectivity index (χ4n) is 6.31. The largest absolute Gasteiger partial charge is 0.414 e. The van der Waals surface area contributed by atoms with Gasteiger partial charge in [0, 0.05) is 73.4 Å². The number of amides is 2. The Balaban J connectivity index is 0.000000247. The molecule has 2 amide bonds. The van der Waals surface area contributed by atoms with Crippen LogP contribution >= 0.6 is 54.5 Å². The summed E-state index contributed by atoms with van der Waals surface area (Å²) in [6, 6.07) is 19.8. The van der Waals surface area contributed by atoms with Crippen molar-refractivity contribution in [2.24, 2.45) is 0 Å². The SMILES string of the molecule is CCCOCCN(C)c1cc2sc(/C=C/c3ccc(OC(=O)N(C)C)c(Br)c3)nc2cc1C.Cc1cc2nc(/C=C/c3ccc(OC(=O)N(C)C)c(Br)c3)sc2cc1N(C)CCOCCO. The molecule has 352 valence electrons. The molecule has 0 unspecified atom stereocenters. The summed E-state index contributed by atoms with van der Waals surface area (Å²) in [7, 11) is 10.7. The Morgan fingerprint density at radius 2 is 1.05 bits per heavy atom. The van der Waals surface area contributed by atoms with Crippen molar-refractivity contribution in [1.29, 1.82) is 0 Å². The summed E-state index contributed by atoms with van der Waals surface area (Å²) in [6.45, 7) is 10.4. The average Bonchev–Trinajstić information content (AvgIpc) is 3.88.